The van der Waals surface area contributed by atoms with E-state index < -0.39 is 12.7 Å². The van der Waals surface area contributed by atoms with Gasteiger partial charge in [0.15, 0.2) is 5.96 Å². The third-order valence-corrected chi connectivity index (χ3v) is 4.17. The molecule has 0 aliphatic carbocycles. The molecule has 1 aromatic rings. The Bertz CT molecular complexity index is 610. The van der Waals surface area contributed by atoms with Crippen LogP contribution in [-0.2, 0) is 6.54 Å². The van der Waals surface area contributed by atoms with Crippen molar-refractivity contribution in [3.63, 3.8) is 0 Å². The van der Waals surface area contributed by atoms with E-state index in [0.29, 0.717) is 32.0 Å². The van der Waals surface area contributed by atoms with Crippen molar-refractivity contribution in [2.75, 3.05) is 33.8 Å². The molecule has 1 fully saturated rings. The van der Waals surface area contributed by atoms with E-state index in [1.807, 2.05) is 25.1 Å². The quantitative estimate of drug-likeness (QED) is 0.382. The van der Waals surface area contributed by atoms with Crippen LogP contribution in [-0.4, -0.2) is 56.9 Å². The van der Waals surface area contributed by atoms with Gasteiger partial charge in [0.25, 0.3) is 0 Å². The molecular weight excluding hydrogens is 460 g/mol. The molecule has 26 heavy (non-hydrogen) atoms. The number of benzene rings is 1. The summed E-state index contributed by atoms with van der Waals surface area (Å²) in [7, 11) is 3.28. The molecule has 1 saturated heterocycles. The van der Waals surface area contributed by atoms with Crippen molar-refractivity contribution in [3.05, 3.63) is 29.3 Å². The molecule has 1 atom stereocenters. The summed E-state index contributed by atoms with van der Waals surface area (Å²) in [5, 5.41) is 6.38. The maximum absolute atomic E-state index is 12.5. The topological polar surface area (TPSA) is 48.9 Å². The number of nitrogens with one attached hydrogen (secondary N) is 2. The number of hydrogen-bond acceptors (Lipinski definition) is 3. The minimum absolute atomic E-state index is 0. The highest BCUT2D eigenvalue weighted by atomic mass is 127. The van der Waals surface area contributed by atoms with Crippen molar-refractivity contribution >= 4 is 29.9 Å². The lowest BCUT2D eigenvalue weighted by Crippen LogP contribution is -2.44. The SMILES string of the molecule is CN=C(NCc1ccc(C)c(OC)c1)NC1CCN(CC(F)(F)F)C1.I. The van der Waals surface area contributed by atoms with E-state index in [2.05, 4.69) is 15.6 Å². The summed E-state index contributed by atoms with van der Waals surface area (Å²) in [6, 6.07) is 5.90. The zero-order chi connectivity index (χ0) is 18.4. The van der Waals surface area contributed by atoms with Gasteiger partial charge in [-0.25, -0.2) is 0 Å². The second-order valence-electron chi connectivity index (χ2n) is 6.21. The van der Waals surface area contributed by atoms with Gasteiger partial charge in [0.05, 0.1) is 13.7 Å². The van der Waals surface area contributed by atoms with E-state index >= 15 is 0 Å². The predicted molar refractivity (Wildman–Crippen MR) is 107 cm³/mol. The van der Waals surface area contributed by atoms with Gasteiger partial charge in [-0.05, 0) is 30.5 Å². The zero-order valence-electron chi connectivity index (χ0n) is 15.2. The average molecular weight is 486 g/mol. The molecule has 148 valence electrons. The van der Waals surface area contributed by atoms with Crippen LogP contribution in [0.1, 0.15) is 17.5 Å². The number of aryl methyl sites for hydroxylation is 1. The van der Waals surface area contributed by atoms with Crippen LogP contribution in [0.5, 0.6) is 5.75 Å². The monoisotopic (exact) mass is 486 g/mol. The Kier molecular flexibility index (Phi) is 8.94. The Morgan fingerprint density at radius 3 is 2.73 bits per heavy atom. The molecule has 0 amide bonds. The fourth-order valence-electron chi connectivity index (χ4n) is 2.90. The first-order valence-electron chi connectivity index (χ1n) is 8.20. The normalized spacial score (nSPS) is 18.4. The summed E-state index contributed by atoms with van der Waals surface area (Å²) in [5.74, 6) is 1.40. The lowest BCUT2D eigenvalue weighted by molar-refractivity contribution is -0.143. The second-order valence-corrected chi connectivity index (χ2v) is 6.21. The van der Waals surface area contributed by atoms with E-state index in [1.165, 1.54) is 4.90 Å². The molecule has 2 rings (SSSR count). The van der Waals surface area contributed by atoms with E-state index in [1.54, 1.807) is 14.2 Å². The van der Waals surface area contributed by atoms with E-state index in [4.69, 9.17) is 4.74 Å². The number of guanidine groups is 1. The van der Waals surface area contributed by atoms with Gasteiger partial charge in [0, 0.05) is 32.7 Å². The molecule has 1 unspecified atom stereocenters. The Hall–Kier alpha value is -1.23. The Labute approximate surface area is 169 Å². The van der Waals surface area contributed by atoms with Crippen LogP contribution in [0.2, 0.25) is 0 Å². The van der Waals surface area contributed by atoms with Gasteiger partial charge in [-0.3, -0.25) is 9.89 Å². The first kappa shape index (κ1) is 22.8. The molecule has 9 heteroatoms. The molecule has 1 aliphatic rings. The predicted octanol–water partition coefficient (Wildman–Crippen LogP) is 2.92. The summed E-state index contributed by atoms with van der Waals surface area (Å²) in [5.41, 5.74) is 2.10. The highest BCUT2D eigenvalue weighted by molar-refractivity contribution is 14.0. The Morgan fingerprint density at radius 2 is 2.12 bits per heavy atom. The Balaban J connectivity index is 0.00000338. The smallest absolute Gasteiger partial charge is 0.401 e. The molecule has 0 radical (unpaired) electrons. The second kappa shape index (κ2) is 10.2. The molecular formula is C17H26F3IN4O. The van der Waals surface area contributed by atoms with Gasteiger partial charge in [-0.15, -0.1) is 24.0 Å². The highest BCUT2D eigenvalue weighted by Crippen LogP contribution is 2.20. The number of alkyl halides is 3. The molecule has 0 bridgehead atoms. The number of methoxy groups -OCH3 is 1. The minimum Gasteiger partial charge on any atom is -0.496 e. The lowest BCUT2D eigenvalue weighted by atomic mass is 10.1. The van der Waals surface area contributed by atoms with E-state index in [-0.39, 0.29) is 30.0 Å². The van der Waals surface area contributed by atoms with Crippen molar-refractivity contribution in [2.45, 2.75) is 32.1 Å². The summed E-state index contributed by atoms with van der Waals surface area (Å²) in [4.78, 5) is 5.56. The molecule has 0 aromatic heterocycles. The molecule has 0 saturated carbocycles. The fourth-order valence-corrected chi connectivity index (χ4v) is 2.90. The van der Waals surface area contributed by atoms with Crippen LogP contribution in [0.25, 0.3) is 0 Å². The number of rotatable bonds is 5. The van der Waals surface area contributed by atoms with Gasteiger partial charge >= 0.3 is 6.18 Å². The third-order valence-electron chi connectivity index (χ3n) is 4.17. The van der Waals surface area contributed by atoms with Gasteiger partial charge < -0.3 is 15.4 Å². The van der Waals surface area contributed by atoms with E-state index in [9.17, 15) is 13.2 Å². The number of halogens is 4. The molecule has 5 nitrogen and oxygen atoms in total. The largest absolute Gasteiger partial charge is 0.496 e. The number of aliphatic imine (C=N–C) groups is 1. The Morgan fingerprint density at radius 1 is 1.38 bits per heavy atom. The van der Waals surface area contributed by atoms with Crippen LogP contribution in [0, 0.1) is 6.92 Å². The first-order valence-corrected chi connectivity index (χ1v) is 8.20. The standard InChI is InChI=1S/C17H25F3N4O.HI/c1-12-4-5-13(8-15(12)25-3)9-22-16(21-2)23-14-6-7-24(10-14)11-17(18,19)20;/h4-5,8,14H,6-7,9-11H2,1-3H3,(H2,21,22,23);1H. The molecule has 0 spiro atoms. The minimum atomic E-state index is -4.15. The first-order chi connectivity index (χ1) is 11.8. The summed E-state index contributed by atoms with van der Waals surface area (Å²) in [6.45, 7) is 2.46. The van der Waals surface area contributed by atoms with Gasteiger partial charge in [0.2, 0.25) is 0 Å². The van der Waals surface area contributed by atoms with Crippen LogP contribution < -0.4 is 15.4 Å². The van der Waals surface area contributed by atoms with Crippen LogP contribution in [0.15, 0.2) is 23.2 Å². The van der Waals surface area contributed by atoms with Crippen molar-refractivity contribution in [1.82, 2.24) is 15.5 Å². The summed E-state index contributed by atoms with van der Waals surface area (Å²) in [6.07, 6.45) is -3.49. The van der Waals surface area contributed by atoms with Crippen molar-refractivity contribution in [1.29, 1.82) is 0 Å². The van der Waals surface area contributed by atoms with Crippen LogP contribution in [0.3, 0.4) is 0 Å². The number of nitrogens with zero attached hydrogens (tertiary/aromatic N) is 2. The van der Waals surface area contributed by atoms with Gasteiger partial charge in [-0.1, -0.05) is 12.1 Å². The lowest BCUT2D eigenvalue weighted by Gasteiger charge is -2.20. The van der Waals surface area contributed by atoms with Crippen molar-refractivity contribution in [2.24, 2.45) is 4.99 Å². The number of ether oxygens (including phenoxy) is 1. The van der Waals surface area contributed by atoms with Crippen LogP contribution in [0.4, 0.5) is 13.2 Å². The summed E-state index contributed by atoms with van der Waals surface area (Å²) < 4.78 is 42.7. The van der Waals surface area contributed by atoms with E-state index in [0.717, 1.165) is 16.9 Å². The maximum atomic E-state index is 12.5. The zero-order valence-corrected chi connectivity index (χ0v) is 17.5. The fraction of sp³-hybridized carbons (Fsp3) is 0.588. The van der Waals surface area contributed by atoms with Crippen molar-refractivity contribution in [3.8, 4) is 5.75 Å². The molecule has 1 aliphatic heterocycles. The highest BCUT2D eigenvalue weighted by Gasteiger charge is 2.34. The third kappa shape index (κ3) is 7.18. The summed E-state index contributed by atoms with van der Waals surface area (Å²) >= 11 is 0. The average Bonchev–Trinajstić information content (AvgIpc) is 2.97. The number of hydrogen-bond donors (Lipinski definition) is 2. The molecule has 2 N–H and O–H groups in total. The molecule has 1 heterocycles. The number of likely N-dealkylation sites (tertiary alicyclic amines) is 1. The molecule has 1 aromatic carbocycles. The van der Waals surface area contributed by atoms with Crippen molar-refractivity contribution < 1.29 is 17.9 Å². The maximum Gasteiger partial charge on any atom is 0.401 e. The van der Waals surface area contributed by atoms with Gasteiger partial charge in [-0.2, -0.15) is 13.2 Å². The van der Waals surface area contributed by atoms with Gasteiger partial charge in [0.1, 0.15) is 5.75 Å². The van der Waals surface area contributed by atoms with Crippen LogP contribution >= 0.6 is 24.0 Å².